The highest BCUT2D eigenvalue weighted by molar-refractivity contribution is 5.69. The molecule has 0 radical (unpaired) electrons. The van der Waals surface area contributed by atoms with Crippen LogP contribution in [-0.4, -0.2) is 17.1 Å². The Balaban J connectivity index is 2.72. The fourth-order valence-corrected chi connectivity index (χ4v) is 1.22. The molecule has 0 unspecified atom stereocenters. The molecule has 1 aromatic heterocycles. The molecular weight excluding hydrogens is 194 g/mol. The van der Waals surface area contributed by atoms with Gasteiger partial charge in [0.25, 0.3) is 5.56 Å². The summed E-state index contributed by atoms with van der Waals surface area (Å²) < 4.78 is 6.31. The zero-order valence-corrected chi connectivity index (χ0v) is 9.03. The van der Waals surface area contributed by atoms with Crippen molar-refractivity contribution in [1.82, 2.24) is 4.57 Å². The van der Waals surface area contributed by atoms with Gasteiger partial charge < -0.3 is 9.30 Å². The minimum absolute atomic E-state index is 0.00843. The third-order valence-corrected chi connectivity index (χ3v) is 2.02. The topological polar surface area (TPSA) is 48.3 Å². The SMILES string of the molecule is CCCOC(=O)Cn1c(C)cccc1=O. The highest BCUT2D eigenvalue weighted by Crippen LogP contribution is 1.94. The molecule has 0 aliphatic carbocycles. The van der Waals surface area contributed by atoms with Gasteiger partial charge >= 0.3 is 5.97 Å². The highest BCUT2D eigenvalue weighted by atomic mass is 16.5. The molecule has 0 saturated heterocycles. The first-order valence-electron chi connectivity index (χ1n) is 4.97. The van der Waals surface area contributed by atoms with Gasteiger partial charge in [0.2, 0.25) is 0 Å². The molecule has 1 rings (SSSR count). The quantitative estimate of drug-likeness (QED) is 0.698. The Morgan fingerprint density at radius 1 is 1.47 bits per heavy atom. The van der Waals surface area contributed by atoms with E-state index in [0.29, 0.717) is 6.61 Å². The van der Waals surface area contributed by atoms with Gasteiger partial charge in [-0.1, -0.05) is 13.0 Å². The lowest BCUT2D eigenvalue weighted by atomic mass is 10.3. The van der Waals surface area contributed by atoms with Crippen LogP contribution in [0.25, 0.3) is 0 Å². The Kier molecular flexibility index (Phi) is 4.09. The van der Waals surface area contributed by atoms with E-state index in [4.69, 9.17) is 4.74 Å². The number of carbonyl (C=O) groups is 1. The largest absolute Gasteiger partial charge is 0.464 e. The molecule has 4 nitrogen and oxygen atoms in total. The molecule has 1 heterocycles. The summed E-state index contributed by atoms with van der Waals surface area (Å²) in [5.74, 6) is -0.367. The molecule has 0 saturated carbocycles. The van der Waals surface area contributed by atoms with Crippen molar-refractivity contribution in [2.24, 2.45) is 0 Å². The summed E-state index contributed by atoms with van der Waals surface area (Å²) in [6.45, 7) is 4.10. The van der Waals surface area contributed by atoms with Crippen LogP contribution in [0.1, 0.15) is 19.0 Å². The van der Waals surface area contributed by atoms with Crippen molar-refractivity contribution in [2.45, 2.75) is 26.8 Å². The summed E-state index contributed by atoms with van der Waals surface area (Å²) in [6.07, 6.45) is 0.786. The van der Waals surface area contributed by atoms with E-state index in [1.54, 1.807) is 19.1 Å². The number of esters is 1. The number of hydrogen-bond acceptors (Lipinski definition) is 3. The van der Waals surface area contributed by atoms with Crippen LogP contribution in [0.15, 0.2) is 23.0 Å². The zero-order valence-electron chi connectivity index (χ0n) is 9.03. The van der Waals surface area contributed by atoms with Gasteiger partial charge in [-0.05, 0) is 19.4 Å². The highest BCUT2D eigenvalue weighted by Gasteiger charge is 2.06. The van der Waals surface area contributed by atoms with Crippen molar-refractivity contribution in [2.75, 3.05) is 6.61 Å². The van der Waals surface area contributed by atoms with E-state index < -0.39 is 0 Å². The third-order valence-electron chi connectivity index (χ3n) is 2.02. The van der Waals surface area contributed by atoms with Gasteiger partial charge in [0.05, 0.1) is 6.61 Å². The lowest BCUT2D eigenvalue weighted by molar-refractivity contribution is -0.144. The van der Waals surface area contributed by atoms with E-state index in [1.165, 1.54) is 10.6 Å². The number of hydrogen-bond donors (Lipinski definition) is 0. The molecular formula is C11H15NO3. The first kappa shape index (κ1) is 11.5. The summed E-state index contributed by atoms with van der Waals surface area (Å²) >= 11 is 0. The summed E-state index contributed by atoms with van der Waals surface area (Å²) in [5, 5.41) is 0. The van der Waals surface area contributed by atoms with Gasteiger partial charge in [-0.15, -0.1) is 0 Å². The number of carbonyl (C=O) groups excluding carboxylic acids is 1. The van der Waals surface area contributed by atoms with Crippen LogP contribution in [0.2, 0.25) is 0 Å². The first-order valence-corrected chi connectivity index (χ1v) is 4.97. The Morgan fingerprint density at radius 3 is 2.80 bits per heavy atom. The predicted molar refractivity (Wildman–Crippen MR) is 56.7 cm³/mol. The van der Waals surface area contributed by atoms with Crippen molar-refractivity contribution < 1.29 is 9.53 Å². The van der Waals surface area contributed by atoms with Crippen LogP contribution in [-0.2, 0) is 16.1 Å². The smallest absolute Gasteiger partial charge is 0.326 e. The van der Waals surface area contributed by atoms with Crippen LogP contribution in [0.4, 0.5) is 0 Å². The maximum Gasteiger partial charge on any atom is 0.326 e. The number of ether oxygens (including phenoxy) is 1. The van der Waals surface area contributed by atoms with Gasteiger partial charge in [-0.3, -0.25) is 9.59 Å². The number of aryl methyl sites for hydroxylation is 1. The molecule has 0 aliphatic heterocycles. The Labute approximate surface area is 88.5 Å². The molecule has 0 aliphatic rings. The second-order valence-corrected chi connectivity index (χ2v) is 3.31. The summed E-state index contributed by atoms with van der Waals surface area (Å²) in [5.41, 5.74) is 0.583. The maximum absolute atomic E-state index is 11.4. The average Bonchev–Trinajstić information content (AvgIpc) is 2.21. The molecule has 0 spiro atoms. The van der Waals surface area contributed by atoms with Gasteiger partial charge in [0.15, 0.2) is 0 Å². The molecule has 0 bridgehead atoms. The number of nitrogens with zero attached hydrogens (tertiary/aromatic N) is 1. The standard InChI is InChI=1S/C11H15NO3/c1-3-7-15-11(14)8-12-9(2)5-4-6-10(12)13/h4-6H,3,7-8H2,1-2H3. The van der Waals surface area contributed by atoms with Crippen LogP contribution >= 0.6 is 0 Å². The van der Waals surface area contributed by atoms with Gasteiger partial charge in [-0.2, -0.15) is 0 Å². The van der Waals surface area contributed by atoms with E-state index in [2.05, 4.69) is 0 Å². The van der Waals surface area contributed by atoms with Crippen molar-refractivity contribution in [3.8, 4) is 0 Å². The van der Waals surface area contributed by atoms with E-state index in [9.17, 15) is 9.59 Å². The van der Waals surface area contributed by atoms with Gasteiger partial charge in [0, 0.05) is 11.8 Å². The maximum atomic E-state index is 11.4. The van der Waals surface area contributed by atoms with Crippen molar-refractivity contribution in [1.29, 1.82) is 0 Å². The third kappa shape index (κ3) is 3.23. The van der Waals surface area contributed by atoms with Crippen molar-refractivity contribution in [3.63, 3.8) is 0 Å². The van der Waals surface area contributed by atoms with Crippen LogP contribution in [0.5, 0.6) is 0 Å². The van der Waals surface area contributed by atoms with Crippen molar-refractivity contribution >= 4 is 5.97 Å². The molecule has 4 heteroatoms. The number of aromatic nitrogens is 1. The molecule has 0 atom stereocenters. The second kappa shape index (κ2) is 5.34. The van der Waals surface area contributed by atoms with Crippen LogP contribution in [0, 0.1) is 6.92 Å². The molecule has 15 heavy (non-hydrogen) atoms. The Morgan fingerprint density at radius 2 is 2.20 bits per heavy atom. The minimum Gasteiger partial charge on any atom is -0.464 e. The summed E-state index contributed by atoms with van der Waals surface area (Å²) in [6, 6.07) is 4.89. The zero-order chi connectivity index (χ0) is 11.3. The number of rotatable bonds is 4. The molecule has 1 aromatic rings. The average molecular weight is 209 g/mol. The molecule has 82 valence electrons. The first-order chi connectivity index (χ1) is 7.15. The van der Waals surface area contributed by atoms with E-state index in [-0.39, 0.29) is 18.1 Å². The van der Waals surface area contributed by atoms with Gasteiger partial charge in [0.1, 0.15) is 6.54 Å². The Hall–Kier alpha value is -1.58. The summed E-state index contributed by atoms with van der Waals surface area (Å²) in [7, 11) is 0. The van der Waals surface area contributed by atoms with E-state index >= 15 is 0 Å². The van der Waals surface area contributed by atoms with Gasteiger partial charge in [-0.25, -0.2) is 0 Å². The normalized spacial score (nSPS) is 10.0. The predicted octanol–water partition coefficient (Wildman–Crippen LogP) is 1.11. The fourth-order valence-electron chi connectivity index (χ4n) is 1.22. The van der Waals surface area contributed by atoms with Crippen LogP contribution < -0.4 is 5.56 Å². The monoisotopic (exact) mass is 209 g/mol. The lowest BCUT2D eigenvalue weighted by Crippen LogP contribution is -2.26. The van der Waals surface area contributed by atoms with E-state index in [1.807, 2.05) is 6.92 Å². The Bertz CT molecular complexity index is 395. The number of pyridine rings is 1. The van der Waals surface area contributed by atoms with Crippen molar-refractivity contribution in [3.05, 3.63) is 34.2 Å². The lowest BCUT2D eigenvalue weighted by Gasteiger charge is -2.08. The summed E-state index contributed by atoms with van der Waals surface area (Å²) in [4.78, 5) is 22.7. The molecule has 0 aromatic carbocycles. The minimum atomic E-state index is -0.367. The molecule has 0 N–H and O–H groups in total. The molecule has 0 amide bonds. The van der Waals surface area contributed by atoms with Crippen LogP contribution in [0.3, 0.4) is 0 Å². The fraction of sp³-hybridized carbons (Fsp3) is 0.455. The second-order valence-electron chi connectivity index (χ2n) is 3.31. The van der Waals surface area contributed by atoms with E-state index in [0.717, 1.165) is 12.1 Å². The molecule has 0 fully saturated rings.